The van der Waals surface area contributed by atoms with Crippen molar-refractivity contribution in [2.45, 2.75) is 6.17 Å². The van der Waals surface area contributed by atoms with Crippen LogP contribution in [0.4, 0.5) is 0 Å². The van der Waals surface area contributed by atoms with E-state index in [4.69, 9.17) is 9.98 Å². The molecule has 0 fully saturated rings. The van der Waals surface area contributed by atoms with E-state index in [2.05, 4.69) is 186 Å². The normalized spacial score (nSPS) is 14.6. The summed E-state index contributed by atoms with van der Waals surface area (Å²) in [5.41, 5.74) is 6.65. The Bertz CT molecular complexity index is 3050. The predicted molar refractivity (Wildman–Crippen MR) is 223 cm³/mol. The SMILES string of the molecule is c1ccc(C2N=C(c3ccc(-n4c5ccc6ccccc6c5c5c6ccccc6ccc54)c4ccccc34)N=C(c3cccc4ccccc34)N2)cc1. The van der Waals surface area contributed by atoms with Crippen LogP contribution in [-0.4, -0.2) is 16.2 Å². The van der Waals surface area contributed by atoms with Gasteiger partial charge in [-0.05, 0) is 67.5 Å². The summed E-state index contributed by atoms with van der Waals surface area (Å²) in [7, 11) is 0. The third-order valence-corrected chi connectivity index (χ3v) is 10.8. The van der Waals surface area contributed by atoms with Crippen molar-refractivity contribution in [3.8, 4) is 5.69 Å². The van der Waals surface area contributed by atoms with E-state index in [0.717, 1.165) is 44.4 Å². The van der Waals surface area contributed by atoms with Crippen LogP contribution < -0.4 is 5.32 Å². The van der Waals surface area contributed by atoms with Crippen LogP contribution in [-0.2, 0) is 0 Å². The average Bonchev–Trinajstić information content (AvgIpc) is 3.58. The summed E-state index contributed by atoms with van der Waals surface area (Å²) < 4.78 is 2.46. The minimum atomic E-state index is -0.296. The quantitative estimate of drug-likeness (QED) is 0.198. The summed E-state index contributed by atoms with van der Waals surface area (Å²) in [5, 5.41) is 15.8. The number of aromatic nitrogens is 1. The van der Waals surface area contributed by atoms with Gasteiger partial charge in [0.1, 0.15) is 12.0 Å². The predicted octanol–water partition coefficient (Wildman–Crippen LogP) is 11.9. The molecule has 4 nitrogen and oxygen atoms in total. The Kier molecular flexibility index (Phi) is 6.58. The van der Waals surface area contributed by atoms with Gasteiger partial charge < -0.3 is 9.88 Å². The van der Waals surface area contributed by atoms with Gasteiger partial charge in [0, 0.05) is 27.3 Å². The molecule has 0 aliphatic carbocycles. The fourth-order valence-electron chi connectivity index (χ4n) is 8.42. The number of hydrogen-bond donors (Lipinski definition) is 1. The summed E-state index contributed by atoms with van der Waals surface area (Å²) in [6.45, 7) is 0. The van der Waals surface area contributed by atoms with E-state index in [9.17, 15) is 0 Å². The highest BCUT2D eigenvalue weighted by Crippen LogP contribution is 2.42. The molecular weight excluding hydrogens is 645 g/mol. The second-order valence-electron chi connectivity index (χ2n) is 13.8. The molecule has 0 amide bonds. The molecule has 0 saturated carbocycles. The monoisotopic (exact) mass is 676 g/mol. The average molecular weight is 677 g/mol. The summed E-state index contributed by atoms with van der Waals surface area (Å²) in [5.74, 6) is 1.53. The van der Waals surface area contributed by atoms with Crippen molar-refractivity contribution in [1.29, 1.82) is 0 Å². The molecule has 53 heavy (non-hydrogen) atoms. The molecule has 248 valence electrons. The van der Waals surface area contributed by atoms with E-state index in [1.54, 1.807) is 0 Å². The number of nitrogens with one attached hydrogen (secondary N) is 1. The maximum absolute atomic E-state index is 5.31. The molecule has 2 heterocycles. The first-order chi connectivity index (χ1) is 26.3. The standard InChI is InChI=1S/C49H32N4/c1-2-16-34(17-3-1)47-50-48(40-24-12-18-31-13-4-7-19-35(31)40)52-49(51-47)41-27-30-42(39-23-11-10-22-38(39)41)53-43-28-25-32-14-5-8-20-36(32)45(43)46-37-21-9-6-15-33(37)26-29-44(46)53/h1-30,47H,(H,50,51,52). The van der Waals surface area contributed by atoms with Crippen molar-refractivity contribution < 1.29 is 0 Å². The van der Waals surface area contributed by atoms with Gasteiger partial charge in [-0.25, -0.2) is 9.98 Å². The molecule has 0 spiro atoms. The molecule has 11 rings (SSSR count). The third kappa shape index (κ3) is 4.62. The first-order valence-electron chi connectivity index (χ1n) is 18.1. The van der Waals surface area contributed by atoms with Crippen LogP contribution in [0.3, 0.4) is 0 Å². The number of fused-ring (bicyclic) bond motifs is 9. The Morgan fingerprint density at radius 3 is 1.64 bits per heavy atom. The Hall–Kier alpha value is -7.04. The van der Waals surface area contributed by atoms with E-state index in [-0.39, 0.29) is 6.17 Å². The van der Waals surface area contributed by atoms with Crippen molar-refractivity contribution >= 4 is 76.6 Å². The van der Waals surface area contributed by atoms with Gasteiger partial charge in [0.15, 0.2) is 5.84 Å². The smallest absolute Gasteiger partial charge is 0.160 e. The number of amidine groups is 2. The van der Waals surface area contributed by atoms with Crippen LogP contribution in [0.15, 0.2) is 192 Å². The number of nitrogens with zero attached hydrogens (tertiary/aromatic N) is 3. The summed E-state index contributed by atoms with van der Waals surface area (Å²) in [4.78, 5) is 10.6. The van der Waals surface area contributed by atoms with Gasteiger partial charge >= 0.3 is 0 Å². The second-order valence-corrected chi connectivity index (χ2v) is 13.8. The zero-order valence-electron chi connectivity index (χ0n) is 28.7. The van der Waals surface area contributed by atoms with Crippen molar-refractivity contribution in [2.24, 2.45) is 9.98 Å². The van der Waals surface area contributed by atoms with Gasteiger partial charge in [-0.15, -0.1) is 0 Å². The summed E-state index contributed by atoms with van der Waals surface area (Å²) >= 11 is 0. The zero-order chi connectivity index (χ0) is 34.9. The van der Waals surface area contributed by atoms with Gasteiger partial charge in [0.25, 0.3) is 0 Å². The van der Waals surface area contributed by atoms with Crippen LogP contribution in [0, 0.1) is 0 Å². The van der Waals surface area contributed by atoms with Crippen LogP contribution in [0.5, 0.6) is 0 Å². The Labute approximate surface area is 306 Å². The molecule has 0 radical (unpaired) electrons. The van der Waals surface area contributed by atoms with Gasteiger partial charge in [-0.2, -0.15) is 0 Å². The second kappa shape index (κ2) is 11.8. The number of rotatable bonds is 4. The molecule has 1 atom stereocenters. The van der Waals surface area contributed by atoms with Crippen molar-refractivity contribution in [2.75, 3.05) is 0 Å². The minimum absolute atomic E-state index is 0.296. The van der Waals surface area contributed by atoms with Crippen LogP contribution in [0.2, 0.25) is 0 Å². The lowest BCUT2D eigenvalue weighted by Crippen LogP contribution is -2.33. The molecule has 1 aliphatic heterocycles. The van der Waals surface area contributed by atoms with E-state index >= 15 is 0 Å². The molecule has 4 heteroatoms. The number of aliphatic imine (C=N–C) groups is 2. The van der Waals surface area contributed by atoms with Crippen LogP contribution >= 0.6 is 0 Å². The van der Waals surface area contributed by atoms with Crippen molar-refractivity contribution in [1.82, 2.24) is 9.88 Å². The maximum Gasteiger partial charge on any atom is 0.160 e. The molecule has 1 unspecified atom stereocenters. The fraction of sp³-hybridized carbons (Fsp3) is 0.0204. The molecule has 0 saturated heterocycles. The zero-order valence-corrected chi connectivity index (χ0v) is 28.7. The molecular formula is C49H32N4. The van der Waals surface area contributed by atoms with E-state index in [1.807, 2.05) is 6.07 Å². The summed E-state index contributed by atoms with van der Waals surface area (Å²) in [6, 6.07) is 65.1. The van der Waals surface area contributed by atoms with E-state index in [0.29, 0.717) is 5.84 Å². The highest BCUT2D eigenvalue weighted by Gasteiger charge is 2.24. The molecule has 1 aromatic heterocycles. The number of hydrogen-bond acceptors (Lipinski definition) is 3. The van der Waals surface area contributed by atoms with Crippen molar-refractivity contribution in [3.05, 3.63) is 199 Å². The number of benzene rings is 9. The van der Waals surface area contributed by atoms with Gasteiger partial charge in [-0.1, -0.05) is 158 Å². The lowest BCUT2D eigenvalue weighted by molar-refractivity contribution is 0.675. The van der Waals surface area contributed by atoms with Crippen LogP contribution in [0.25, 0.3) is 70.6 Å². The lowest BCUT2D eigenvalue weighted by Gasteiger charge is -2.25. The van der Waals surface area contributed by atoms with Gasteiger partial charge in [-0.3, -0.25) is 0 Å². The topological polar surface area (TPSA) is 41.7 Å². The third-order valence-electron chi connectivity index (χ3n) is 10.8. The van der Waals surface area contributed by atoms with Gasteiger partial charge in [0.05, 0.1) is 16.7 Å². The highest BCUT2D eigenvalue weighted by atomic mass is 15.2. The maximum atomic E-state index is 5.31. The molecule has 1 aliphatic rings. The van der Waals surface area contributed by atoms with E-state index < -0.39 is 0 Å². The Balaban J connectivity index is 1.17. The first-order valence-corrected chi connectivity index (χ1v) is 18.1. The largest absolute Gasteiger partial charge is 0.344 e. The fourth-order valence-corrected chi connectivity index (χ4v) is 8.42. The highest BCUT2D eigenvalue weighted by molar-refractivity contribution is 6.29. The van der Waals surface area contributed by atoms with Crippen molar-refractivity contribution in [3.63, 3.8) is 0 Å². The lowest BCUT2D eigenvalue weighted by atomic mass is 10.00. The Morgan fingerprint density at radius 1 is 0.415 bits per heavy atom. The first kappa shape index (κ1) is 29.7. The summed E-state index contributed by atoms with van der Waals surface area (Å²) in [6.07, 6.45) is -0.296. The Morgan fingerprint density at radius 2 is 0.962 bits per heavy atom. The minimum Gasteiger partial charge on any atom is -0.344 e. The molecule has 0 bridgehead atoms. The van der Waals surface area contributed by atoms with E-state index in [1.165, 1.54) is 48.7 Å². The molecule has 9 aromatic carbocycles. The molecule has 10 aromatic rings. The van der Waals surface area contributed by atoms with Crippen LogP contribution in [0.1, 0.15) is 22.9 Å². The molecule has 1 N–H and O–H groups in total. The van der Waals surface area contributed by atoms with Gasteiger partial charge in [0.2, 0.25) is 0 Å².